The maximum atomic E-state index is 11.3. The number of nitrogen functional groups attached to an aromatic ring is 1. The van der Waals surface area contributed by atoms with Crippen LogP contribution in [0.15, 0.2) is 10.9 Å². The second-order valence-corrected chi connectivity index (χ2v) is 3.05. The van der Waals surface area contributed by atoms with Crippen LogP contribution in [0.1, 0.15) is 5.69 Å². The highest BCUT2D eigenvalue weighted by Gasteiger charge is 2.08. The Kier molecular flexibility index (Phi) is 1.42. The van der Waals surface area contributed by atoms with E-state index in [1.54, 1.807) is 17.8 Å². The standard InChI is InChI=1S/C8H10N4O/c1-4-3-5(9)6-7(10-4)12(2)11-8(6)13/h3H,1-2H3,(H2,9,10)(H,11,13). The summed E-state index contributed by atoms with van der Waals surface area (Å²) >= 11 is 0. The van der Waals surface area contributed by atoms with Crippen LogP contribution < -0.4 is 11.3 Å². The van der Waals surface area contributed by atoms with Gasteiger partial charge in [0, 0.05) is 12.7 Å². The van der Waals surface area contributed by atoms with Crippen molar-refractivity contribution in [3.05, 3.63) is 22.1 Å². The fraction of sp³-hybridized carbons (Fsp3) is 0.250. The number of pyridine rings is 1. The molecule has 0 aliphatic carbocycles. The van der Waals surface area contributed by atoms with Crippen molar-refractivity contribution < 1.29 is 0 Å². The van der Waals surface area contributed by atoms with Gasteiger partial charge in [0.2, 0.25) is 0 Å². The molecule has 0 aromatic carbocycles. The first-order valence-corrected chi connectivity index (χ1v) is 3.91. The SMILES string of the molecule is Cc1cc(N)c2c(=O)[nH]n(C)c2n1. The number of rotatable bonds is 0. The maximum Gasteiger partial charge on any atom is 0.275 e. The molecule has 5 nitrogen and oxygen atoms in total. The number of fused-ring (bicyclic) bond motifs is 1. The minimum Gasteiger partial charge on any atom is -0.398 e. The number of hydrogen-bond donors (Lipinski definition) is 2. The fourth-order valence-corrected chi connectivity index (χ4v) is 1.42. The molecule has 0 aliphatic heterocycles. The van der Waals surface area contributed by atoms with E-state index >= 15 is 0 Å². The molecular formula is C8H10N4O. The molecule has 0 atom stereocenters. The lowest BCUT2D eigenvalue weighted by Gasteiger charge is -1.98. The average molecular weight is 178 g/mol. The molecule has 0 saturated carbocycles. The van der Waals surface area contributed by atoms with Crippen LogP contribution in [0.25, 0.3) is 11.0 Å². The largest absolute Gasteiger partial charge is 0.398 e. The Morgan fingerprint density at radius 2 is 2.31 bits per heavy atom. The van der Waals surface area contributed by atoms with Gasteiger partial charge < -0.3 is 5.73 Å². The van der Waals surface area contributed by atoms with Crippen LogP contribution in [0.2, 0.25) is 0 Å². The Hall–Kier alpha value is -1.78. The topological polar surface area (TPSA) is 76.7 Å². The number of H-pyrrole nitrogens is 1. The Labute approximate surface area is 74.2 Å². The predicted octanol–water partition coefficient (Wildman–Crippen LogP) is 0.152. The molecule has 3 N–H and O–H groups in total. The quantitative estimate of drug-likeness (QED) is 0.603. The minimum atomic E-state index is -0.192. The molecular weight excluding hydrogens is 168 g/mol. The molecule has 0 fully saturated rings. The minimum absolute atomic E-state index is 0.192. The van der Waals surface area contributed by atoms with Crippen molar-refractivity contribution in [1.29, 1.82) is 0 Å². The van der Waals surface area contributed by atoms with Gasteiger partial charge in [0.05, 0.1) is 5.69 Å². The van der Waals surface area contributed by atoms with E-state index in [9.17, 15) is 4.79 Å². The first kappa shape index (κ1) is 7.85. The van der Waals surface area contributed by atoms with Crippen molar-refractivity contribution in [3.63, 3.8) is 0 Å². The number of nitrogens with two attached hydrogens (primary N) is 1. The summed E-state index contributed by atoms with van der Waals surface area (Å²) in [5.74, 6) is 0. The molecule has 0 aliphatic rings. The summed E-state index contributed by atoms with van der Waals surface area (Å²) in [6.45, 7) is 1.84. The predicted molar refractivity (Wildman–Crippen MR) is 50.5 cm³/mol. The second kappa shape index (κ2) is 2.35. The van der Waals surface area contributed by atoms with Crippen LogP contribution >= 0.6 is 0 Å². The number of hydrogen-bond acceptors (Lipinski definition) is 3. The molecule has 0 saturated heterocycles. The molecule has 0 amide bonds. The smallest absolute Gasteiger partial charge is 0.275 e. The van der Waals surface area contributed by atoms with Gasteiger partial charge in [0.25, 0.3) is 5.56 Å². The fourth-order valence-electron chi connectivity index (χ4n) is 1.42. The van der Waals surface area contributed by atoms with E-state index in [2.05, 4.69) is 10.1 Å². The number of nitrogens with one attached hydrogen (secondary N) is 1. The van der Waals surface area contributed by atoms with Crippen LogP contribution in [-0.4, -0.2) is 14.8 Å². The van der Waals surface area contributed by atoms with Crippen LogP contribution in [-0.2, 0) is 7.05 Å². The zero-order valence-electron chi connectivity index (χ0n) is 7.46. The third kappa shape index (κ3) is 1.00. The maximum absolute atomic E-state index is 11.3. The van der Waals surface area contributed by atoms with Crippen LogP contribution in [0, 0.1) is 6.92 Å². The summed E-state index contributed by atoms with van der Waals surface area (Å²) in [6, 6.07) is 1.69. The lowest BCUT2D eigenvalue weighted by Crippen LogP contribution is -2.02. The van der Waals surface area contributed by atoms with E-state index in [4.69, 9.17) is 5.73 Å². The molecule has 2 aromatic rings. The van der Waals surface area contributed by atoms with Gasteiger partial charge in [-0.2, -0.15) is 0 Å². The Morgan fingerprint density at radius 3 is 3.00 bits per heavy atom. The Bertz CT molecular complexity index is 523. The highest BCUT2D eigenvalue weighted by Crippen LogP contribution is 2.15. The van der Waals surface area contributed by atoms with E-state index in [1.165, 1.54) is 0 Å². The van der Waals surface area contributed by atoms with Gasteiger partial charge in [-0.3, -0.25) is 14.6 Å². The molecule has 0 spiro atoms. The summed E-state index contributed by atoms with van der Waals surface area (Å²) in [5.41, 5.74) is 7.39. The Balaban J connectivity index is 3.06. The first-order valence-electron chi connectivity index (χ1n) is 3.91. The molecule has 5 heteroatoms. The average Bonchev–Trinajstić information content (AvgIpc) is 2.27. The summed E-state index contributed by atoms with van der Waals surface area (Å²) in [5, 5.41) is 3.07. The van der Waals surface area contributed by atoms with Crippen molar-refractivity contribution in [1.82, 2.24) is 14.8 Å². The number of aromatic amines is 1. The second-order valence-electron chi connectivity index (χ2n) is 3.05. The summed E-state index contributed by atoms with van der Waals surface area (Å²) in [6.07, 6.45) is 0. The Morgan fingerprint density at radius 1 is 1.62 bits per heavy atom. The normalized spacial score (nSPS) is 10.9. The van der Waals surface area contributed by atoms with Crippen LogP contribution in [0.5, 0.6) is 0 Å². The highest BCUT2D eigenvalue weighted by atomic mass is 16.1. The molecule has 2 rings (SSSR count). The van der Waals surface area contributed by atoms with E-state index < -0.39 is 0 Å². The van der Waals surface area contributed by atoms with Gasteiger partial charge in [0.15, 0.2) is 5.65 Å². The monoisotopic (exact) mass is 178 g/mol. The third-order valence-corrected chi connectivity index (χ3v) is 1.97. The van der Waals surface area contributed by atoms with Gasteiger partial charge in [-0.25, -0.2) is 4.98 Å². The lowest BCUT2D eigenvalue weighted by molar-refractivity contribution is 0.772. The molecule has 0 radical (unpaired) electrons. The van der Waals surface area contributed by atoms with Gasteiger partial charge in [0.1, 0.15) is 5.39 Å². The molecule has 0 unspecified atom stereocenters. The van der Waals surface area contributed by atoms with E-state index in [0.717, 1.165) is 5.69 Å². The molecule has 68 valence electrons. The van der Waals surface area contributed by atoms with Gasteiger partial charge in [-0.1, -0.05) is 0 Å². The van der Waals surface area contributed by atoms with Crippen LogP contribution in [0.4, 0.5) is 5.69 Å². The van der Waals surface area contributed by atoms with Crippen molar-refractivity contribution >= 4 is 16.7 Å². The highest BCUT2D eigenvalue weighted by molar-refractivity contribution is 5.87. The number of nitrogens with zero attached hydrogens (tertiary/aromatic N) is 2. The zero-order chi connectivity index (χ0) is 9.59. The van der Waals surface area contributed by atoms with E-state index in [-0.39, 0.29) is 5.56 Å². The first-order chi connectivity index (χ1) is 6.09. The van der Waals surface area contributed by atoms with Crippen molar-refractivity contribution in [2.75, 3.05) is 5.73 Å². The molecule has 13 heavy (non-hydrogen) atoms. The third-order valence-electron chi connectivity index (χ3n) is 1.97. The number of anilines is 1. The lowest BCUT2D eigenvalue weighted by atomic mass is 10.2. The van der Waals surface area contributed by atoms with Crippen molar-refractivity contribution in [2.24, 2.45) is 7.05 Å². The van der Waals surface area contributed by atoms with E-state index in [1.807, 2.05) is 6.92 Å². The van der Waals surface area contributed by atoms with E-state index in [0.29, 0.717) is 16.7 Å². The molecule has 2 heterocycles. The summed E-state index contributed by atoms with van der Waals surface area (Å²) in [7, 11) is 1.73. The number of aromatic nitrogens is 3. The zero-order valence-corrected chi connectivity index (χ0v) is 7.46. The van der Waals surface area contributed by atoms with Crippen molar-refractivity contribution in [3.8, 4) is 0 Å². The van der Waals surface area contributed by atoms with Crippen LogP contribution in [0.3, 0.4) is 0 Å². The van der Waals surface area contributed by atoms with Crippen molar-refractivity contribution in [2.45, 2.75) is 6.92 Å². The molecule has 0 bridgehead atoms. The molecule has 2 aromatic heterocycles. The number of aryl methyl sites for hydroxylation is 2. The van der Waals surface area contributed by atoms with Gasteiger partial charge in [-0.05, 0) is 13.0 Å². The van der Waals surface area contributed by atoms with Gasteiger partial charge >= 0.3 is 0 Å². The summed E-state index contributed by atoms with van der Waals surface area (Å²) < 4.78 is 1.57. The van der Waals surface area contributed by atoms with Gasteiger partial charge in [-0.15, -0.1) is 0 Å². The summed E-state index contributed by atoms with van der Waals surface area (Å²) in [4.78, 5) is 15.5.